The van der Waals surface area contributed by atoms with Gasteiger partial charge in [-0.1, -0.05) is 24.6 Å². The highest BCUT2D eigenvalue weighted by Gasteiger charge is 2.24. The summed E-state index contributed by atoms with van der Waals surface area (Å²) in [6, 6.07) is 9.03. The van der Waals surface area contributed by atoms with Gasteiger partial charge in [0.25, 0.3) is 0 Å². The number of nitrogens with one attached hydrogen (secondary N) is 2. The van der Waals surface area contributed by atoms with E-state index in [4.69, 9.17) is 19.6 Å². The maximum Gasteiger partial charge on any atom is 0.305 e. The highest BCUT2D eigenvalue weighted by Crippen LogP contribution is 2.39. The molecule has 4 heterocycles. The van der Waals surface area contributed by atoms with E-state index in [0.717, 1.165) is 18.8 Å². The number of carbonyl (C=O) groups is 2. The van der Waals surface area contributed by atoms with Crippen molar-refractivity contribution < 1.29 is 24.2 Å². The zero-order valence-electron chi connectivity index (χ0n) is 20.7. The number of likely N-dealkylation sites (tertiary alicyclic amines) is 1. The van der Waals surface area contributed by atoms with Gasteiger partial charge in [0.1, 0.15) is 5.82 Å². The summed E-state index contributed by atoms with van der Waals surface area (Å²) in [6.45, 7) is 5.04. The number of fused-ring (bicyclic) bond motifs is 2. The first-order chi connectivity index (χ1) is 17.6. The summed E-state index contributed by atoms with van der Waals surface area (Å²) >= 11 is 0. The largest absolute Gasteiger partial charge is 0.481 e. The molecule has 0 saturated carbocycles. The number of rotatable bonds is 9. The minimum Gasteiger partial charge on any atom is -0.481 e. The number of anilines is 1. The van der Waals surface area contributed by atoms with Crippen LogP contribution < -0.4 is 20.1 Å². The van der Waals surface area contributed by atoms with Crippen LogP contribution in [0.4, 0.5) is 5.82 Å². The predicted molar refractivity (Wildman–Crippen MR) is 136 cm³/mol. The zero-order valence-corrected chi connectivity index (χ0v) is 20.7. The number of aryl methyl sites for hydroxylation is 2. The lowest BCUT2D eigenvalue weighted by molar-refractivity contribution is -0.137. The molecule has 0 bridgehead atoms. The number of amides is 1. The number of benzene rings is 1. The van der Waals surface area contributed by atoms with Gasteiger partial charge in [0, 0.05) is 17.8 Å². The number of carbonyl (C=O) groups excluding carboxylic acids is 1. The summed E-state index contributed by atoms with van der Waals surface area (Å²) in [5, 5.41) is 14.7. The third-order valence-electron chi connectivity index (χ3n) is 6.76. The summed E-state index contributed by atoms with van der Waals surface area (Å²) in [6.07, 6.45) is 9.25. The van der Waals surface area contributed by atoms with Crippen LogP contribution in [0.1, 0.15) is 61.4 Å². The van der Waals surface area contributed by atoms with Crippen LogP contribution in [0.25, 0.3) is 0 Å². The lowest BCUT2D eigenvalue weighted by Gasteiger charge is -2.26. The number of carboxylic acids is 1. The molecule has 0 radical (unpaired) electrons. The fourth-order valence-electron chi connectivity index (χ4n) is 4.92. The van der Waals surface area contributed by atoms with E-state index in [0.29, 0.717) is 23.5 Å². The van der Waals surface area contributed by atoms with E-state index >= 15 is 0 Å². The van der Waals surface area contributed by atoms with Crippen molar-refractivity contribution in [3.8, 4) is 11.5 Å². The van der Waals surface area contributed by atoms with Crippen LogP contribution in [-0.2, 0) is 22.4 Å². The second-order valence-electron chi connectivity index (χ2n) is 9.36. The molecule has 0 aliphatic carbocycles. The van der Waals surface area contributed by atoms with E-state index in [2.05, 4.69) is 27.7 Å². The van der Waals surface area contributed by atoms with Crippen LogP contribution in [0.2, 0.25) is 0 Å². The van der Waals surface area contributed by atoms with Crippen LogP contribution in [0.3, 0.4) is 0 Å². The standard InChI is InChI=1S/C16H25N3.C11H11NO5/c1-2-11-19(12-3-1)13-5-7-15-9-8-14-6-4-10-17-16(14)18-15;13-5-12-8(4-10(14)15)7-2-1-3-9-11(7)17-6-16-9/h8-9H,1-7,10-13H2,(H,17,18);1-3,5,8H,4,6H2,(H,12,13)(H,14,15). The first-order valence-electron chi connectivity index (χ1n) is 12.9. The summed E-state index contributed by atoms with van der Waals surface area (Å²) in [5.74, 6) is 1.20. The van der Waals surface area contributed by atoms with Crippen molar-refractivity contribution in [2.75, 3.05) is 38.3 Å². The van der Waals surface area contributed by atoms with Crippen molar-refractivity contribution in [1.29, 1.82) is 0 Å². The smallest absolute Gasteiger partial charge is 0.305 e. The van der Waals surface area contributed by atoms with Gasteiger partial charge in [0.15, 0.2) is 11.5 Å². The van der Waals surface area contributed by atoms with E-state index in [1.165, 1.54) is 69.4 Å². The van der Waals surface area contributed by atoms with Gasteiger partial charge < -0.3 is 30.1 Å². The Bertz CT molecular complexity index is 1030. The predicted octanol–water partition coefficient (Wildman–Crippen LogP) is 3.54. The molecule has 9 heteroatoms. The first-order valence-corrected chi connectivity index (χ1v) is 12.9. The van der Waals surface area contributed by atoms with Crippen LogP contribution in [0, 0.1) is 0 Å². The molecule has 36 heavy (non-hydrogen) atoms. The van der Waals surface area contributed by atoms with Gasteiger partial charge in [0.05, 0.1) is 12.5 Å². The Kier molecular flexibility index (Phi) is 9.38. The van der Waals surface area contributed by atoms with Crippen molar-refractivity contribution in [3.63, 3.8) is 0 Å². The van der Waals surface area contributed by atoms with E-state index < -0.39 is 12.0 Å². The topological polar surface area (TPSA) is 113 Å². The molecule has 1 fully saturated rings. The molecule has 9 nitrogen and oxygen atoms in total. The normalized spacial score (nSPS) is 17.1. The van der Waals surface area contributed by atoms with Gasteiger partial charge in [-0.05, 0) is 75.9 Å². The Morgan fingerprint density at radius 3 is 2.83 bits per heavy atom. The van der Waals surface area contributed by atoms with Gasteiger partial charge in [-0.25, -0.2) is 4.98 Å². The van der Waals surface area contributed by atoms with E-state index in [1.54, 1.807) is 18.2 Å². The molecule has 2 aromatic rings. The number of carboxylic acid groups (broad SMARTS) is 1. The summed E-state index contributed by atoms with van der Waals surface area (Å²) in [4.78, 5) is 28.6. The number of hydrogen-bond donors (Lipinski definition) is 3. The summed E-state index contributed by atoms with van der Waals surface area (Å²) < 4.78 is 10.5. The van der Waals surface area contributed by atoms with E-state index in [1.807, 2.05) is 0 Å². The number of aliphatic carboxylic acids is 1. The molecule has 1 aromatic carbocycles. The number of hydrogen-bond acceptors (Lipinski definition) is 7. The van der Waals surface area contributed by atoms with Crippen molar-refractivity contribution in [2.24, 2.45) is 0 Å². The molecule has 1 saturated heterocycles. The summed E-state index contributed by atoms with van der Waals surface area (Å²) in [7, 11) is 0. The molecule has 5 rings (SSSR count). The number of aromatic nitrogens is 1. The lowest BCUT2D eigenvalue weighted by Crippen LogP contribution is -2.30. The molecule has 3 aliphatic heterocycles. The Labute approximate surface area is 212 Å². The van der Waals surface area contributed by atoms with Gasteiger partial charge in [0.2, 0.25) is 13.2 Å². The van der Waals surface area contributed by atoms with Crippen molar-refractivity contribution in [2.45, 2.75) is 57.4 Å². The van der Waals surface area contributed by atoms with Crippen LogP contribution in [-0.4, -0.2) is 60.3 Å². The van der Waals surface area contributed by atoms with Crippen LogP contribution in [0.5, 0.6) is 11.5 Å². The Morgan fingerprint density at radius 2 is 2.03 bits per heavy atom. The molecule has 1 amide bonds. The third kappa shape index (κ3) is 7.10. The third-order valence-corrected chi connectivity index (χ3v) is 6.76. The van der Waals surface area contributed by atoms with Crippen LogP contribution >= 0.6 is 0 Å². The molecule has 3 aliphatic rings. The minimum atomic E-state index is -0.999. The number of nitrogens with zero attached hydrogens (tertiary/aromatic N) is 2. The van der Waals surface area contributed by atoms with Crippen molar-refractivity contribution in [1.82, 2.24) is 15.2 Å². The second-order valence-corrected chi connectivity index (χ2v) is 9.36. The average Bonchev–Trinajstić information content (AvgIpc) is 3.38. The molecule has 1 unspecified atom stereocenters. The van der Waals surface area contributed by atoms with Gasteiger partial charge in [-0.15, -0.1) is 0 Å². The number of piperidine rings is 1. The molecule has 194 valence electrons. The number of pyridine rings is 1. The Balaban J connectivity index is 0.000000170. The summed E-state index contributed by atoms with van der Waals surface area (Å²) in [5.41, 5.74) is 3.26. The van der Waals surface area contributed by atoms with Crippen molar-refractivity contribution >= 4 is 18.2 Å². The molecule has 3 N–H and O–H groups in total. The molecular formula is C27H36N4O5. The lowest BCUT2D eigenvalue weighted by atomic mass is 10.0. The molecular weight excluding hydrogens is 460 g/mol. The molecule has 1 aromatic heterocycles. The highest BCUT2D eigenvalue weighted by atomic mass is 16.7. The number of para-hydroxylation sites is 1. The quantitative estimate of drug-likeness (QED) is 0.452. The fourth-order valence-corrected chi connectivity index (χ4v) is 4.92. The SMILES string of the molecule is O=CNC(CC(=O)O)c1cccc2c1OCO2.c1cc2c(nc1CCCN1CCCCC1)NCCC2. The van der Waals surface area contributed by atoms with Gasteiger partial charge >= 0.3 is 5.97 Å². The molecule has 0 spiro atoms. The maximum atomic E-state index is 10.7. The highest BCUT2D eigenvalue weighted by molar-refractivity contribution is 5.69. The first kappa shape index (κ1) is 25.8. The average molecular weight is 497 g/mol. The zero-order chi connectivity index (χ0) is 25.2. The monoisotopic (exact) mass is 496 g/mol. The Hall–Kier alpha value is -3.33. The van der Waals surface area contributed by atoms with E-state index in [-0.39, 0.29) is 13.2 Å². The van der Waals surface area contributed by atoms with Crippen LogP contribution in [0.15, 0.2) is 30.3 Å². The maximum absolute atomic E-state index is 10.7. The minimum absolute atomic E-state index is 0.104. The molecule has 1 atom stereocenters. The fraction of sp³-hybridized carbons (Fsp3) is 0.519. The second kappa shape index (κ2) is 13.1. The van der Waals surface area contributed by atoms with Gasteiger partial charge in [-0.3, -0.25) is 9.59 Å². The number of ether oxygens (including phenoxy) is 2. The van der Waals surface area contributed by atoms with E-state index in [9.17, 15) is 9.59 Å². The Morgan fingerprint density at radius 1 is 1.17 bits per heavy atom. The van der Waals surface area contributed by atoms with Gasteiger partial charge in [-0.2, -0.15) is 0 Å². The van der Waals surface area contributed by atoms with Crippen molar-refractivity contribution in [3.05, 3.63) is 47.2 Å².